The van der Waals surface area contributed by atoms with E-state index >= 15 is 0 Å². The summed E-state index contributed by atoms with van der Waals surface area (Å²) < 4.78 is 0. The maximum absolute atomic E-state index is 13.2. The van der Waals surface area contributed by atoms with Gasteiger partial charge in [-0.05, 0) is 29.5 Å². The first-order chi connectivity index (χ1) is 13.4. The number of carbonyl (C=O) groups excluding carboxylic acids is 2. The lowest BCUT2D eigenvalue weighted by Gasteiger charge is -2.31. The number of hydrogen-bond acceptors (Lipinski definition) is 2. The molecule has 4 nitrogen and oxygen atoms in total. The average molecular weight is 401 g/mol. The molecule has 1 atom stereocenters. The molecule has 0 aromatic heterocycles. The number of amides is 2. The van der Waals surface area contributed by atoms with Gasteiger partial charge in [0.25, 0.3) is 0 Å². The minimum absolute atomic E-state index is 0.108. The van der Waals surface area contributed by atoms with E-state index in [0.717, 1.165) is 11.1 Å². The summed E-state index contributed by atoms with van der Waals surface area (Å²) >= 11 is 6.24. The Balaban J connectivity index is 2.25. The van der Waals surface area contributed by atoms with Crippen molar-refractivity contribution in [3.8, 4) is 0 Å². The van der Waals surface area contributed by atoms with E-state index in [0.29, 0.717) is 30.5 Å². The predicted octanol–water partition coefficient (Wildman–Crippen LogP) is 4.46. The molecule has 0 radical (unpaired) electrons. The second kappa shape index (κ2) is 10.9. The van der Waals surface area contributed by atoms with Crippen molar-refractivity contribution in [2.75, 3.05) is 6.54 Å². The van der Waals surface area contributed by atoms with Gasteiger partial charge in [-0.25, -0.2) is 0 Å². The van der Waals surface area contributed by atoms with Gasteiger partial charge in [0.1, 0.15) is 6.04 Å². The summed E-state index contributed by atoms with van der Waals surface area (Å²) in [4.78, 5) is 27.7. The zero-order valence-corrected chi connectivity index (χ0v) is 17.6. The molecule has 0 bridgehead atoms. The Morgan fingerprint density at radius 3 is 2.29 bits per heavy atom. The van der Waals surface area contributed by atoms with Gasteiger partial charge in [0.2, 0.25) is 11.8 Å². The summed E-state index contributed by atoms with van der Waals surface area (Å²) in [5.74, 6) is 0.131. The van der Waals surface area contributed by atoms with Crippen molar-refractivity contribution in [1.82, 2.24) is 10.2 Å². The Labute approximate surface area is 172 Å². The molecule has 0 aliphatic rings. The smallest absolute Gasteiger partial charge is 0.242 e. The molecule has 2 aromatic rings. The van der Waals surface area contributed by atoms with E-state index in [4.69, 9.17) is 11.6 Å². The van der Waals surface area contributed by atoms with Crippen molar-refractivity contribution in [2.45, 2.75) is 46.2 Å². The van der Waals surface area contributed by atoms with Crippen LogP contribution in [0.5, 0.6) is 0 Å². The van der Waals surface area contributed by atoms with Crippen LogP contribution in [0.15, 0.2) is 54.6 Å². The minimum atomic E-state index is -0.519. The van der Waals surface area contributed by atoms with E-state index in [9.17, 15) is 9.59 Å². The molecule has 0 saturated heterocycles. The number of nitrogens with zero attached hydrogens (tertiary/aromatic N) is 1. The van der Waals surface area contributed by atoms with Crippen LogP contribution in [0, 0.1) is 5.92 Å². The standard InChI is InChI=1S/C23H29ClN2O2/c1-4-21(23(28)25-15-17(2)3)26(16-18-10-6-5-7-11-18)22(27)14-19-12-8-9-13-20(19)24/h5-13,17,21H,4,14-16H2,1-3H3,(H,25,28). The van der Waals surface area contributed by atoms with Crippen LogP contribution in [0.4, 0.5) is 0 Å². The Kier molecular flexibility index (Phi) is 8.52. The van der Waals surface area contributed by atoms with E-state index in [-0.39, 0.29) is 18.2 Å². The summed E-state index contributed by atoms with van der Waals surface area (Å²) in [6.07, 6.45) is 0.714. The maximum atomic E-state index is 13.2. The van der Waals surface area contributed by atoms with Gasteiger partial charge in [-0.2, -0.15) is 0 Å². The Bertz CT molecular complexity index is 777. The van der Waals surface area contributed by atoms with Crippen molar-refractivity contribution in [3.63, 3.8) is 0 Å². The molecule has 150 valence electrons. The van der Waals surface area contributed by atoms with Gasteiger partial charge in [0.15, 0.2) is 0 Å². The van der Waals surface area contributed by atoms with Crippen molar-refractivity contribution in [3.05, 3.63) is 70.7 Å². The van der Waals surface area contributed by atoms with E-state index in [1.54, 1.807) is 11.0 Å². The molecule has 1 N–H and O–H groups in total. The highest BCUT2D eigenvalue weighted by Crippen LogP contribution is 2.19. The first-order valence-corrected chi connectivity index (χ1v) is 10.1. The minimum Gasteiger partial charge on any atom is -0.354 e. The molecular weight excluding hydrogens is 372 g/mol. The van der Waals surface area contributed by atoms with Gasteiger partial charge in [-0.3, -0.25) is 9.59 Å². The number of nitrogens with one attached hydrogen (secondary N) is 1. The van der Waals surface area contributed by atoms with Crippen LogP contribution in [0.3, 0.4) is 0 Å². The molecule has 0 aliphatic carbocycles. The third-order valence-electron chi connectivity index (χ3n) is 4.57. The normalized spacial score (nSPS) is 11.9. The largest absolute Gasteiger partial charge is 0.354 e. The Hall–Kier alpha value is -2.33. The molecule has 0 aliphatic heterocycles. The van der Waals surface area contributed by atoms with E-state index in [2.05, 4.69) is 5.32 Å². The lowest BCUT2D eigenvalue weighted by molar-refractivity contribution is -0.141. The van der Waals surface area contributed by atoms with Crippen LogP contribution in [0.2, 0.25) is 5.02 Å². The zero-order valence-electron chi connectivity index (χ0n) is 16.8. The summed E-state index contributed by atoms with van der Waals surface area (Å²) in [6, 6.07) is 16.6. The lowest BCUT2D eigenvalue weighted by Crippen LogP contribution is -2.50. The summed E-state index contributed by atoms with van der Waals surface area (Å²) in [5.41, 5.74) is 1.76. The molecule has 2 amide bonds. The van der Waals surface area contributed by atoms with Crippen LogP contribution >= 0.6 is 11.6 Å². The molecule has 28 heavy (non-hydrogen) atoms. The molecule has 0 fully saturated rings. The van der Waals surface area contributed by atoms with Gasteiger partial charge in [-0.15, -0.1) is 0 Å². The Morgan fingerprint density at radius 2 is 1.68 bits per heavy atom. The monoisotopic (exact) mass is 400 g/mol. The third-order valence-corrected chi connectivity index (χ3v) is 4.93. The van der Waals surface area contributed by atoms with Crippen LogP contribution < -0.4 is 5.32 Å². The van der Waals surface area contributed by atoms with Crippen LogP contribution in [-0.4, -0.2) is 29.3 Å². The fourth-order valence-corrected chi connectivity index (χ4v) is 3.23. The molecule has 2 aromatic carbocycles. The summed E-state index contributed by atoms with van der Waals surface area (Å²) in [6.45, 7) is 7.00. The van der Waals surface area contributed by atoms with E-state index in [1.165, 1.54) is 0 Å². The number of benzene rings is 2. The highest BCUT2D eigenvalue weighted by Gasteiger charge is 2.28. The van der Waals surface area contributed by atoms with E-state index < -0.39 is 6.04 Å². The van der Waals surface area contributed by atoms with Crippen molar-refractivity contribution in [1.29, 1.82) is 0 Å². The topological polar surface area (TPSA) is 49.4 Å². The zero-order chi connectivity index (χ0) is 20.5. The van der Waals surface area contributed by atoms with Crippen molar-refractivity contribution in [2.24, 2.45) is 5.92 Å². The quantitative estimate of drug-likeness (QED) is 0.675. The second-order valence-corrected chi connectivity index (χ2v) is 7.75. The fourth-order valence-electron chi connectivity index (χ4n) is 3.03. The van der Waals surface area contributed by atoms with Crippen LogP contribution in [0.25, 0.3) is 0 Å². The number of carbonyl (C=O) groups is 2. The molecule has 0 saturated carbocycles. The van der Waals surface area contributed by atoms with Gasteiger partial charge >= 0.3 is 0 Å². The number of halogens is 1. The molecule has 0 heterocycles. The van der Waals surface area contributed by atoms with Gasteiger partial charge < -0.3 is 10.2 Å². The predicted molar refractivity (Wildman–Crippen MR) is 114 cm³/mol. The molecule has 1 unspecified atom stereocenters. The van der Waals surface area contributed by atoms with Crippen LogP contribution in [-0.2, 0) is 22.6 Å². The van der Waals surface area contributed by atoms with Crippen molar-refractivity contribution >= 4 is 23.4 Å². The Morgan fingerprint density at radius 1 is 1.04 bits per heavy atom. The highest BCUT2D eigenvalue weighted by atomic mass is 35.5. The first-order valence-electron chi connectivity index (χ1n) is 9.76. The SMILES string of the molecule is CCC(C(=O)NCC(C)C)N(Cc1ccccc1)C(=O)Cc1ccccc1Cl. The lowest BCUT2D eigenvalue weighted by atomic mass is 10.1. The van der Waals surface area contributed by atoms with Crippen LogP contribution in [0.1, 0.15) is 38.3 Å². The van der Waals surface area contributed by atoms with E-state index in [1.807, 2.05) is 69.3 Å². The third kappa shape index (κ3) is 6.38. The van der Waals surface area contributed by atoms with Gasteiger partial charge in [0, 0.05) is 18.1 Å². The fraction of sp³-hybridized carbons (Fsp3) is 0.391. The number of hydrogen-bond donors (Lipinski definition) is 1. The molecular formula is C23H29ClN2O2. The second-order valence-electron chi connectivity index (χ2n) is 7.34. The first kappa shape index (κ1) is 22.0. The van der Waals surface area contributed by atoms with Gasteiger partial charge in [-0.1, -0.05) is 80.9 Å². The number of rotatable bonds is 9. The average Bonchev–Trinajstić information content (AvgIpc) is 2.68. The summed E-state index contributed by atoms with van der Waals surface area (Å²) in [7, 11) is 0. The molecule has 2 rings (SSSR count). The highest BCUT2D eigenvalue weighted by molar-refractivity contribution is 6.31. The van der Waals surface area contributed by atoms with Gasteiger partial charge in [0.05, 0.1) is 6.42 Å². The van der Waals surface area contributed by atoms with Crippen molar-refractivity contribution < 1.29 is 9.59 Å². The summed E-state index contributed by atoms with van der Waals surface area (Å²) in [5, 5.41) is 3.53. The molecule has 0 spiro atoms. The maximum Gasteiger partial charge on any atom is 0.242 e. The molecule has 5 heteroatoms.